The first-order valence-corrected chi connectivity index (χ1v) is 11.4. The van der Waals surface area contributed by atoms with Crippen LogP contribution in [0.2, 0.25) is 0 Å². The summed E-state index contributed by atoms with van der Waals surface area (Å²) in [6.45, 7) is 6.52. The third-order valence-electron chi connectivity index (χ3n) is 5.54. The van der Waals surface area contributed by atoms with Crippen LogP contribution in [0.3, 0.4) is 0 Å². The van der Waals surface area contributed by atoms with Crippen molar-refractivity contribution in [3.05, 3.63) is 47.5 Å². The molecule has 1 aliphatic rings. The number of rotatable bonds is 10. The maximum atomic E-state index is 12.9. The number of hydrogen-bond donors (Lipinski definition) is 2. The molecule has 176 valence electrons. The monoisotopic (exact) mass is 453 g/mol. The highest BCUT2D eigenvalue weighted by molar-refractivity contribution is 6.25. The van der Waals surface area contributed by atoms with Crippen LogP contribution in [0.15, 0.2) is 36.4 Å². The number of imide groups is 1. The second kappa shape index (κ2) is 10.9. The SMILES string of the molecule is CCOC(=O)NC(CNC(=O)CCCN1C(=O)c2cccc3cccc(c23)C1=O)CC(C)C. The van der Waals surface area contributed by atoms with Gasteiger partial charge >= 0.3 is 6.09 Å². The zero-order valence-corrected chi connectivity index (χ0v) is 19.3. The van der Waals surface area contributed by atoms with Gasteiger partial charge in [0.05, 0.1) is 6.61 Å². The molecule has 0 radical (unpaired) electrons. The number of amides is 4. The van der Waals surface area contributed by atoms with E-state index in [2.05, 4.69) is 10.6 Å². The Morgan fingerprint density at radius 2 is 1.67 bits per heavy atom. The zero-order valence-electron chi connectivity index (χ0n) is 19.3. The Balaban J connectivity index is 1.53. The summed E-state index contributed by atoms with van der Waals surface area (Å²) in [5, 5.41) is 7.15. The van der Waals surface area contributed by atoms with Crippen molar-refractivity contribution in [2.45, 2.75) is 46.1 Å². The van der Waals surface area contributed by atoms with E-state index in [0.717, 1.165) is 5.39 Å². The topological polar surface area (TPSA) is 105 Å². The van der Waals surface area contributed by atoms with Crippen molar-refractivity contribution in [2.75, 3.05) is 19.7 Å². The van der Waals surface area contributed by atoms with Crippen LogP contribution in [0.4, 0.5) is 4.79 Å². The van der Waals surface area contributed by atoms with Crippen molar-refractivity contribution in [3.63, 3.8) is 0 Å². The lowest BCUT2D eigenvalue weighted by molar-refractivity contribution is -0.121. The molecule has 1 aliphatic heterocycles. The van der Waals surface area contributed by atoms with Crippen LogP contribution in [-0.4, -0.2) is 54.5 Å². The summed E-state index contributed by atoms with van der Waals surface area (Å²) in [7, 11) is 0. The highest BCUT2D eigenvalue weighted by Crippen LogP contribution is 2.30. The predicted octanol–water partition coefficient (Wildman–Crippen LogP) is 3.49. The summed E-state index contributed by atoms with van der Waals surface area (Å²) in [5.74, 6) is -0.535. The third kappa shape index (κ3) is 5.88. The van der Waals surface area contributed by atoms with E-state index in [4.69, 9.17) is 4.74 Å². The van der Waals surface area contributed by atoms with Gasteiger partial charge in [-0.15, -0.1) is 0 Å². The number of carbonyl (C=O) groups excluding carboxylic acids is 4. The molecule has 8 heteroatoms. The highest BCUT2D eigenvalue weighted by Gasteiger charge is 2.32. The second-order valence-corrected chi connectivity index (χ2v) is 8.57. The largest absolute Gasteiger partial charge is 0.450 e. The number of ether oxygens (including phenoxy) is 1. The van der Waals surface area contributed by atoms with E-state index in [-0.39, 0.29) is 49.9 Å². The van der Waals surface area contributed by atoms with Gasteiger partial charge in [-0.05, 0) is 43.2 Å². The van der Waals surface area contributed by atoms with Gasteiger partial charge in [-0.3, -0.25) is 19.3 Å². The standard InChI is InChI=1S/C25H31N3O5/c1-4-33-25(32)27-18(14-16(2)3)15-26-21(29)12-7-13-28-23(30)19-10-5-8-17-9-6-11-20(22(17)19)24(28)31/h5-6,8-11,16,18H,4,7,12-15H2,1-3H3,(H,26,29)(H,27,32). The first kappa shape index (κ1) is 24.2. The summed E-state index contributed by atoms with van der Waals surface area (Å²) in [6.07, 6.45) is 0.703. The molecule has 0 saturated heterocycles. The number of hydrogen-bond acceptors (Lipinski definition) is 5. The summed E-state index contributed by atoms with van der Waals surface area (Å²) in [6, 6.07) is 10.6. The van der Waals surface area contributed by atoms with Crippen LogP contribution in [0.25, 0.3) is 10.8 Å². The van der Waals surface area contributed by atoms with Gasteiger partial charge in [0.25, 0.3) is 11.8 Å². The fraction of sp³-hybridized carbons (Fsp3) is 0.440. The summed E-state index contributed by atoms with van der Waals surface area (Å²) in [4.78, 5) is 51.1. The highest BCUT2D eigenvalue weighted by atomic mass is 16.5. The number of benzene rings is 2. The van der Waals surface area contributed by atoms with Gasteiger partial charge in [0.1, 0.15) is 0 Å². The second-order valence-electron chi connectivity index (χ2n) is 8.57. The molecule has 0 aromatic heterocycles. The molecule has 2 aromatic rings. The molecule has 0 fully saturated rings. The molecule has 1 atom stereocenters. The fourth-order valence-electron chi connectivity index (χ4n) is 4.11. The lowest BCUT2D eigenvalue weighted by atomic mass is 9.94. The number of nitrogens with one attached hydrogen (secondary N) is 2. The van der Waals surface area contributed by atoms with E-state index >= 15 is 0 Å². The number of nitrogens with zero attached hydrogens (tertiary/aromatic N) is 1. The van der Waals surface area contributed by atoms with E-state index < -0.39 is 6.09 Å². The van der Waals surface area contributed by atoms with Gasteiger partial charge in [0.15, 0.2) is 0 Å². The van der Waals surface area contributed by atoms with Crippen molar-refractivity contribution in [1.82, 2.24) is 15.5 Å². The maximum absolute atomic E-state index is 12.9. The van der Waals surface area contributed by atoms with Gasteiger partial charge in [0, 0.05) is 42.1 Å². The molecule has 1 heterocycles. The van der Waals surface area contributed by atoms with E-state index in [1.54, 1.807) is 31.2 Å². The normalized spacial score (nSPS) is 13.9. The molecule has 0 aliphatic carbocycles. The van der Waals surface area contributed by atoms with Crippen LogP contribution >= 0.6 is 0 Å². The molecule has 8 nitrogen and oxygen atoms in total. The van der Waals surface area contributed by atoms with Crippen LogP contribution in [0.1, 0.15) is 60.7 Å². The zero-order chi connectivity index (χ0) is 24.0. The van der Waals surface area contributed by atoms with Gasteiger partial charge in [-0.25, -0.2) is 4.79 Å². The quantitative estimate of drug-likeness (QED) is 0.536. The van der Waals surface area contributed by atoms with E-state index in [9.17, 15) is 19.2 Å². The van der Waals surface area contributed by atoms with Crippen LogP contribution < -0.4 is 10.6 Å². The van der Waals surface area contributed by atoms with Gasteiger partial charge in [0.2, 0.25) is 5.91 Å². The molecule has 0 spiro atoms. The van der Waals surface area contributed by atoms with Crippen molar-refractivity contribution in [2.24, 2.45) is 5.92 Å². The Kier molecular flexibility index (Phi) is 8.03. The average Bonchev–Trinajstić information content (AvgIpc) is 2.77. The Morgan fingerprint density at radius 3 is 2.24 bits per heavy atom. The Bertz CT molecular complexity index is 999. The van der Waals surface area contributed by atoms with Crippen LogP contribution in [0.5, 0.6) is 0 Å². The summed E-state index contributed by atoms with van der Waals surface area (Å²) in [5.41, 5.74) is 1.02. The smallest absolute Gasteiger partial charge is 0.407 e. The summed E-state index contributed by atoms with van der Waals surface area (Å²) < 4.78 is 4.93. The van der Waals surface area contributed by atoms with E-state index in [1.807, 2.05) is 26.0 Å². The average molecular weight is 454 g/mol. The molecule has 0 bridgehead atoms. The maximum Gasteiger partial charge on any atom is 0.407 e. The predicted molar refractivity (Wildman–Crippen MR) is 125 cm³/mol. The van der Waals surface area contributed by atoms with Gasteiger partial charge < -0.3 is 15.4 Å². The van der Waals surface area contributed by atoms with Crippen molar-refractivity contribution in [1.29, 1.82) is 0 Å². The van der Waals surface area contributed by atoms with E-state index in [1.165, 1.54) is 4.90 Å². The molecule has 2 aromatic carbocycles. The van der Waals surface area contributed by atoms with Crippen LogP contribution in [0, 0.1) is 5.92 Å². The Morgan fingerprint density at radius 1 is 1.03 bits per heavy atom. The van der Waals surface area contributed by atoms with Crippen molar-refractivity contribution >= 4 is 34.6 Å². The first-order chi connectivity index (χ1) is 15.8. The van der Waals surface area contributed by atoms with Crippen molar-refractivity contribution in [3.8, 4) is 0 Å². The number of alkyl carbamates (subject to hydrolysis) is 1. The minimum Gasteiger partial charge on any atom is -0.450 e. The fourth-order valence-corrected chi connectivity index (χ4v) is 4.11. The minimum atomic E-state index is -0.505. The van der Waals surface area contributed by atoms with Gasteiger partial charge in [-0.2, -0.15) is 0 Å². The molecule has 33 heavy (non-hydrogen) atoms. The lowest BCUT2D eigenvalue weighted by Gasteiger charge is -2.27. The Hall–Kier alpha value is -3.42. The molecule has 2 N–H and O–H groups in total. The van der Waals surface area contributed by atoms with Crippen LogP contribution in [-0.2, 0) is 9.53 Å². The minimum absolute atomic E-state index is 0.159. The molecule has 1 unspecified atom stereocenters. The molecular weight excluding hydrogens is 422 g/mol. The summed E-state index contributed by atoms with van der Waals surface area (Å²) >= 11 is 0. The molecule has 0 saturated carbocycles. The lowest BCUT2D eigenvalue weighted by Crippen LogP contribution is -2.45. The number of carbonyl (C=O) groups is 4. The first-order valence-electron chi connectivity index (χ1n) is 11.4. The third-order valence-corrected chi connectivity index (χ3v) is 5.54. The Labute approximate surface area is 193 Å². The van der Waals surface area contributed by atoms with Crippen molar-refractivity contribution < 1.29 is 23.9 Å². The molecule has 4 amide bonds. The molecule has 3 rings (SSSR count). The van der Waals surface area contributed by atoms with Gasteiger partial charge in [-0.1, -0.05) is 38.1 Å². The van der Waals surface area contributed by atoms with E-state index in [0.29, 0.717) is 35.3 Å². The molecular formula is C25H31N3O5.